The molecule has 0 aliphatic carbocycles. The van der Waals surface area contributed by atoms with Crippen molar-refractivity contribution >= 4 is 22.6 Å². The van der Waals surface area contributed by atoms with Crippen molar-refractivity contribution in [2.75, 3.05) is 5.32 Å². The van der Waals surface area contributed by atoms with E-state index in [1.807, 2.05) is 61.1 Å². The Morgan fingerprint density at radius 2 is 2.09 bits per heavy atom. The van der Waals surface area contributed by atoms with E-state index in [0.717, 1.165) is 22.2 Å². The highest BCUT2D eigenvalue weighted by molar-refractivity contribution is 6.00. The van der Waals surface area contributed by atoms with Crippen LogP contribution in [0, 0.1) is 0 Å². The summed E-state index contributed by atoms with van der Waals surface area (Å²) < 4.78 is 2.02. The van der Waals surface area contributed by atoms with Gasteiger partial charge in [-0.25, -0.2) is 4.79 Å². The molecule has 1 atom stereocenters. The van der Waals surface area contributed by atoms with Crippen LogP contribution < -0.4 is 10.6 Å². The Morgan fingerprint density at radius 1 is 1.23 bits per heavy atom. The average molecular weight is 294 g/mol. The summed E-state index contributed by atoms with van der Waals surface area (Å²) in [5.41, 5.74) is 2.85. The number of amides is 2. The molecule has 1 unspecified atom stereocenters. The molecule has 2 amide bonds. The number of nitrogens with one attached hydrogen (secondary N) is 2. The summed E-state index contributed by atoms with van der Waals surface area (Å²) in [7, 11) is 1.98. The van der Waals surface area contributed by atoms with Crippen molar-refractivity contribution in [1.82, 2.24) is 14.9 Å². The first-order chi connectivity index (χ1) is 10.6. The third-order valence-electron chi connectivity index (χ3n) is 3.71. The Kier molecular flexibility index (Phi) is 3.78. The molecule has 0 aliphatic rings. The summed E-state index contributed by atoms with van der Waals surface area (Å²) in [6.07, 6.45) is 5.45. The van der Waals surface area contributed by atoms with Gasteiger partial charge in [0.05, 0.1) is 11.7 Å². The maximum absolute atomic E-state index is 12.2. The number of anilines is 1. The van der Waals surface area contributed by atoms with Gasteiger partial charge in [0.15, 0.2) is 0 Å². The third-order valence-corrected chi connectivity index (χ3v) is 3.71. The number of benzene rings is 1. The van der Waals surface area contributed by atoms with Crippen molar-refractivity contribution in [1.29, 1.82) is 0 Å². The van der Waals surface area contributed by atoms with Crippen LogP contribution in [0.5, 0.6) is 0 Å². The number of aromatic nitrogens is 2. The fraction of sp³-hybridized carbons (Fsp3) is 0.176. The van der Waals surface area contributed by atoms with Gasteiger partial charge in [-0.1, -0.05) is 12.1 Å². The van der Waals surface area contributed by atoms with Crippen LogP contribution in [0.2, 0.25) is 0 Å². The van der Waals surface area contributed by atoms with Crippen molar-refractivity contribution < 1.29 is 4.79 Å². The predicted octanol–water partition coefficient (Wildman–Crippen LogP) is 3.46. The molecule has 112 valence electrons. The summed E-state index contributed by atoms with van der Waals surface area (Å²) in [5.74, 6) is 0. The molecule has 5 heteroatoms. The van der Waals surface area contributed by atoms with Gasteiger partial charge in [0, 0.05) is 36.5 Å². The average Bonchev–Trinajstić information content (AvgIpc) is 2.91. The van der Waals surface area contributed by atoms with Crippen LogP contribution in [0.4, 0.5) is 10.5 Å². The monoisotopic (exact) mass is 294 g/mol. The molecule has 0 aliphatic heterocycles. The maximum Gasteiger partial charge on any atom is 0.319 e. The highest BCUT2D eigenvalue weighted by atomic mass is 16.2. The van der Waals surface area contributed by atoms with Gasteiger partial charge >= 0.3 is 6.03 Å². The van der Waals surface area contributed by atoms with Gasteiger partial charge in [-0.3, -0.25) is 4.98 Å². The fourth-order valence-electron chi connectivity index (χ4n) is 2.48. The molecular weight excluding hydrogens is 276 g/mol. The molecule has 3 aromatic rings. The number of fused-ring (bicyclic) bond motifs is 1. The zero-order valence-electron chi connectivity index (χ0n) is 12.6. The molecule has 0 saturated heterocycles. The van der Waals surface area contributed by atoms with Crippen LogP contribution in [0.15, 0.2) is 55.0 Å². The van der Waals surface area contributed by atoms with Gasteiger partial charge in [0.1, 0.15) is 0 Å². The van der Waals surface area contributed by atoms with E-state index in [0.29, 0.717) is 0 Å². The lowest BCUT2D eigenvalue weighted by Crippen LogP contribution is -2.31. The van der Waals surface area contributed by atoms with Gasteiger partial charge in [-0.2, -0.15) is 0 Å². The minimum absolute atomic E-state index is 0.108. The van der Waals surface area contributed by atoms with E-state index < -0.39 is 0 Å². The van der Waals surface area contributed by atoms with E-state index >= 15 is 0 Å². The summed E-state index contributed by atoms with van der Waals surface area (Å²) >= 11 is 0. The highest BCUT2D eigenvalue weighted by Crippen LogP contribution is 2.23. The molecule has 2 N–H and O–H groups in total. The van der Waals surface area contributed by atoms with Crippen molar-refractivity contribution in [3.05, 3.63) is 60.6 Å². The Hall–Kier alpha value is -2.82. The molecule has 22 heavy (non-hydrogen) atoms. The number of pyridine rings is 1. The van der Waals surface area contributed by atoms with Gasteiger partial charge < -0.3 is 15.2 Å². The van der Waals surface area contributed by atoms with Crippen LogP contribution >= 0.6 is 0 Å². The topological polar surface area (TPSA) is 59.0 Å². The second-order valence-corrected chi connectivity index (χ2v) is 5.27. The molecule has 2 heterocycles. The normalized spacial score (nSPS) is 12.1. The van der Waals surface area contributed by atoms with Crippen molar-refractivity contribution in [2.24, 2.45) is 7.05 Å². The van der Waals surface area contributed by atoms with Gasteiger partial charge in [0.2, 0.25) is 0 Å². The number of rotatable bonds is 3. The first-order valence-electron chi connectivity index (χ1n) is 7.16. The summed E-state index contributed by atoms with van der Waals surface area (Å²) in [4.78, 5) is 16.3. The van der Waals surface area contributed by atoms with Crippen LogP contribution in [-0.2, 0) is 7.05 Å². The summed E-state index contributed by atoms with van der Waals surface area (Å²) in [6.45, 7) is 1.93. The number of urea groups is 1. The molecule has 2 aromatic heterocycles. The van der Waals surface area contributed by atoms with E-state index in [-0.39, 0.29) is 12.1 Å². The largest absolute Gasteiger partial charge is 0.350 e. The summed E-state index contributed by atoms with van der Waals surface area (Å²) in [5, 5.41) is 6.86. The standard InChI is InChI=1S/C17H18N4O/c1-12(13-5-4-9-18-11-13)19-17(22)20-15-6-3-7-16-14(15)8-10-21(16)2/h3-12H,1-2H3,(H2,19,20,22). The SMILES string of the molecule is CC(NC(=O)Nc1cccc2c1ccn2C)c1cccnc1. The zero-order chi connectivity index (χ0) is 15.5. The lowest BCUT2D eigenvalue weighted by Gasteiger charge is -2.15. The Balaban J connectivity index is 1.74. The zero-order valence-corrected chi connectivity index (χ0v) is 12.6. The highest BCUT2D eigenvalue weighted by Gasteiger charge is 2.11. The molecule has 5 nitrogen and oxygen atoms in total. The van der Waals surface area contributed by atoms with E-state index in [4.69, 9.17) is 0 Å². The van der Waals surface area contributed by atoms with E-state index in [9.17, 15) is 4.79 Å². The Labute approximate surface area is 129 Å². The predicted molar refractivity (Wildman–Crippen MR) is 87.7 cm³/mol. The minimum Gasteiger partial charge on any atom is -0.350 e. The molecular formula is C17H18N4O. The maximum atomic E-state index is 12.2. The Bertz CT molecular complexity index is 795. The number of hydrogen-bond acceptors (Lipinski definition) is 2. The molecule has 1 aromatic carbocycles. The van der Waals surface area contributed by atoms with Gasteiger partial charge in [-0.15, -0.1) is 0 Å². The fourth-order valence-corrected chi connectivity index (χ4v) is 2.48. The lowest BCUT2D eigenvalue weighted by molar-refractivity contribution is 0.249. The molecule has 3 rings (SSSR count). The number of carbonyl (C=O) groups excluding carboxylic acids is 1. The van der Waals surface area contributed by atoms with E-state index in [1.54, 1.807) is 12.4 Å². The number of nitrogens with zero attached hydrogens (tertiary/aromatic N) is 2. The molecule has 0 saturated carbocycles. The van der Waals surface area contributed by atoms with E-state index in [2.05, 4.69) is 15.6 Å². The molecule has 0 radical (unpaired) electrons. The van der Waals surface area contributed by atoms with Gasteiger partial charge in [0.25, 0.3) is 0 Å². The quantitative estimate of drug-likeness (QED) is 0.777. The van der Waals surface area contributed by atoms with Crippen LogP contribution in [0.25, 0.3) is 10.9 Å². The smallest absolute Gasteiger partial charge is 0.319 e. The van der Waals surface area contributed by atoms with Crippen molar-refractivity contribution in [2.45, 2.75) is 13.0 Å². The second kappa shape index (κ2) is 5.89. The van der Waals surface area contributed by atoms with Crippen molar-refractivity contribution in [3.8, 4) is 0 Å². The van der Waals surface area contributed by atoms with Crippen LogP contribution in [-0.4, -0.2) is 15.6 Å². The lowest BCUT2D eigenvalue weighted by atomic mass is 10.1. The second-order valence-electron chi connectivity index (χ2n) is 5.27. The number of hydrogen-bond donors (Lipinski definition) is 2. The summed E-state index contributed by atoms with van der Waals surface area (Å²) in [6, 6.07) is 11.3. The number of carbonyl (C=O) groups is 1. The third kappa shape index (κ3) is 2.79. The number of aryl methyl sites for hydroxylation is 1. The van der Waals surface area contributed by atoms with E-state index in [1.165, 1.54) is 0 Å². The van der Waals surface area contributed by atoms with Crippen molar-refractivity contribution in [3.63, 3.8) is 0 Å². The molecule has 0 bridgehead atoms. The Morgan fingerprint density at radius 3 is 2.86 bits per heavy atom. The van der Waals surface area contributed by atoms with Gasteiger partial charge in [-0.05, 0) is 36.8 Å². The first kappa shape index (κ1) is 14.1. The minimum atomic E-state index is -0.229. The van der Waals surface area contributed by atoms with Crippen LogP contribution in [0.3, 0.4) is 0 Å². The van der Waals surface area contributed by atoms with Crippen LogP contribution in [0.1, 0.15) is 18.5 Å². The first-order valence-corrected chi connectivity index (χ1v) is 7.16. The molecule has 0 fully saturated rings. The molecule has 0 spiro atoms.